The second kappa shape index (κ2) is 8.32. The third-order valence-corrected chi connectivity index (χ3v) is 4.70. The van der Waals surface area contributed by atoms with E-state index in [0.29, 0.717) is 11.3 Å². The number of carbonyl (C=O) groups excluding carboxylic acids is 2. The fourth-order valence-electron chi connectivity index (χ4n) is 3.55. The lowest BCUT2D eigenvalue weighted by Crippen LogP contribution is -2.42. The lowest BCUT2D eigenvalue weighted by atomic mass is 9.88. The summed E-state index contributed by atoms with van der Waals surface area (Å²) in [6.07, 6.45) is 5.44. The summed E-state index contributed by atoms with van der Waals surface area (Å²) >= 11 is 0. The van der Waals surface area contributed by atoms with Crippen LogP contribution in [0, 0.1) is 5.92 Å². The van der Waals surface area contributed by atoms with Gasteiger partial charge in [0.25, 0.3) is 5.91 Å². The Morgan fingerprint density at radius 1 is 1.04 bits per heavy atom. The van der Waals surface area contributed by atoms with Gasteiger partial charge in [-0.05, 0) is 58.7 Å². The average Bonchev–Trinajstić information content (AvgIpc) is 2.55. The van der Waals surface area contributed by atoms with Crippen molar-refractivity contribution in [1.82, 2.24) is 4.90 Å². The van der Waals surface area contributed by atoms with Crippen LogP contribution in [0.15, 0.2) is 24.3 Å². The average molecular weight is 330 g/mol. The zero-order chi connectivity index (χ0) is 17.7. The van der Waals surface area contributed by atoms with E-state index in [1.54, 1.807) is 6.07 Å². The van der Waals surface area contributed by atoms with Crippen molar-refractivity contribution in [3.63, 3.8) is 0 Å². The van der Waals surface area contributed by atoms with E-state index in [0.717, 1.165) is 25.7 Å². The molecule has 1 aliphatic carbocycles. The van der Waals surface area contributed by atoms with Crippen molar-refractivity contribution in [3.05, 3.63) is 29.8 Å². The van der Waals surface area contributed by atoms with Crippen molar-refractivity contribution >= 4 is 17.5 Å². The summed E-state index contributed by atoms with van der Waals surface area (Å²) in [6.45, 7) is 8.08. The first kappa shape index (κ1) is 18.5. The van der Waals surface area contributed by atoms with E-state index in [9.17, 15) is 9.59 Å². The van der Waals surface area contributed by atoms with Crippen LogP contribution in [0.4, 0.5) is 5.69 Å². The molecule has 4 heteroatoms. The number of nitrogens with one attached hydrogen (secondary N) is 1. The third kappa shape index (κ3) is 4.59. The quantitative estimate of drug-likeness (QED) is 0.866. The summed E-state index contributed by atoms with van der Waals surface area (Å²) in [5, 5.41) is 2.99. The molecule has 1 aliphatic rings. The van der Waals surface area contributed by atoms with Crippen LogP contribution in [-0.2, 0) is 4.79 Å². The van der Waals surface area contributed by atoms with Crippen LogP contribution >= 0.6 is 0 Å². The predicted molar refractivity (Wildman–Crippen MR) is 98.1 cm³/mol. The first-order valence-electron chi connectivity index (χ1n) is 9.13. The van der Waals surface area contributed by atoms with E-state index in [1.165, 1.54) is 6.42 Å². The summed E-state index contributed by atoms with van der Waals surface area (Å²) in [6, 6.07) is 7.57. The summed E-state index contributed by atoms with van der Waals surface area (Å²) in [5.41, 5.74) is 1.34. The van der Waals surface area contributed by atoms with E-state index in [2.05, 4.69) is 5.32 Å². The smallest absolute Gasteiger partial charge is 0.254 e. The first-order valence-corrected chi connectivity index (χ1v) is 9.13. The van der Waals surface area contributed by atoms with Crippen LogP contribution in [0.3, 0.4) is 0 Å². The standard InChI is InChI=1S/C20H30N2O2/c1-14(2)22(15(3)4)20(24)17-11-8-12-18(13-17)21-19(23)16-9-6-5-7-10-16/h8,11-16H,5-7,9-10H2,1-4H3,(H,21,23). The number of carbonyl (C=O) groups is 2. The highest BCUT2D eigenvalue weighted by Crippen LogP contribution is 2.25. The lowest BCUT2D eigenvalue weighted by Gasteiger charge is -2.31. The van der Waals surface area contributed by atoms with E-state index in [4.69, 9.17) is 0 Å². The zero-order valence-corrected chi connectivity index (χ0v) is 15.3. The Kier molecular flexibility index (Phi) is 6.41. The van der Waals surface area contributed by atoms with Crippen molar-refractivity contribution in [3.8, 4) is 0 Å². The molecule has 1 saturated carbocycles. The minimum atomic E-state index is 0.00812. The van der Waals surface area contributed by atoms with Gasteiger partial charge in [-0.1, -0.05) is 25.3 Å². The van der Waals surface area contributed by atoms with Gasteiger partial charge in [0.2, 0.25) is 5.91 Å². The molecule has 1 aromatic rings. The van der Waals surface area contributed by atoms with Crippen LogP contribution in [-0.4, -0.2) is 28.8 Å². The molecular formula is C20H30N2O2. The van der Waals surface area contributed by atoms with Gasteiger partial charge in [-0.3, -0.25) is 9.59 Å². The van der Waals surface area contributed by atoms with Crippen molar-refractivity contribution in [2.75, 3.05) is 5.32 Å². The number of hydrogen-bond acceptors (Lipinski definition) is 2. The molecule has 4 nitrogen and oxygen atoms in total. The number of nitrogens with zero attached hydrogens (tertiary/aromatic N) is 1. The topological polar surface area (TPSA) is 49.4 Å². The van der Waals surface area contributed by atoms with Crippen molar-refractivity contribution in [2.24, 2.45) is 5.92 Å². The molecule has 132 valence electrons. The molecule has 0 saturated heterocycles. The molecule has 0 bridgehead atoms. The Morgan fingerprint density at radius 2 is 1.67 bits per heavy atom. The fourth-order valence-corrected chi connectivity index (χ4v) is 3.55. The molecule has 1 aromatic carbocycles. The van der Waals surface area contributed by atoms with E-state index < -0.39 is 0 Å². The molecule has 1 fully saturated rings. The van der Waals surface area contributed by atoms with Crippen LogP contribution in [0.2, 0.25) is 0 Å². The third-order valence-electron chi connectivity index (χ3n) is 4.70. The minimum absolute atomic E-state index is 0.00812. The molecule has 0 spiro atoms. The largest absolute Gasteiger partial charge is 0.334 e. The number of hydrogen-bond donors (Lipinski definition) is 1. The number of rotatable bonds is 5. The molecule has 24 heavy (non-hydrogen) atoms. The van der Waals surface area contributed by atoms with Gasteiger partial charge in [0.1, 0.15) is 0 Å². The van der Waals surface area contributed by atoms with E-state index in [-0.39, 0.29) is 29.8 Å². The Hall–Kier alpha value is -1.84. The van der Waals surface area contributed by atoms with Crippen LogP contribution < -0.4 is 5.32 Å². The highest BCUT2D eigenvalue weighted by Gasteiger charge is 2.23. The van der Waals surface area contributed by atoms with Crippen molar-refractivity contribution in [1.29, 1.82) is 0 Å². The van der Waals surface area contributed by atoms with Gasteiger partial charge in [0.05, 0.1) is 0 Å². The predicted octanol–water partition coefficient (Wildman–Crippen LogP) is 4.46. The van der Waals surface area contributed by atoms with Gasteiger partial charge in [0, 0.05) is 29.3 Å². The fraction of sp³-hybridized carbons (Fsp3) is 0.600. The molecule has 0 heterocycles. The highest BCUT2D eigenvalue weighted by molar-refractivity contribution is 5.98. The molecule has 1 N–H and O–H groups in total. The second-order valence-electron chi connectivity index (χ2n) is 7.30. The maximum Gasteiger partial charge on any atom is 0.254 e. The lowest BCUT2D eigenvalue weighted by molar-refractivity contribution is -0.120. The van der Waals surface area contributed by atoms with Crippen LogP contribution in [0.5, 0.6) is 0 Å². The van der Waals surface area contributed by atoms with Gasteiger partial charge >= 0.3 is 0 Å². The SMILES string of the molecule is CC(C)N(C(=O)c1cccc(NC(=O)C2CCCCC2)c1)C(C)C. The summed E-state index contributed by atoms with van der Waals surface area (Å²) in [5.74, 6) is 0.207. The maximum atomic E-state index is 12.8. The highest BCUT2D eigenvalue weighted by atomic mass is 16.2. The normalized spacial score (nSPS) is 15.6. The molecule has 0 atom stereocenters. The van der Waals surface area contributed by atoms with Crippen molar-refractivity contribution in [2.45, 2.75) is 71.9 Å². The monoisotopic (exact) mass is 330 g/mol. The molecular weight excluding hydrogens is 300 g/mol. The Balaban J connectivity index is 2.10. The van der Waals surface area contributed by atoms with E-state index in [1.807, 2.05) is 50.8 Å². The van der Waals surface area contributed by atoms with Gasteiger partial charge in [0.15, 0.2) is 0 Å². The van der Waals surface area contributed by atoms with Gasteiger partial charge in [-0.2, -0.15) is 0 Å². The molecule has 0 unspecified atom stereocenters. The summed E-state index contributed by atoms with van der Waals surface area (Å²) < 4.78 is 0. The van der Waals surface area contributed by atoms with Crippen LogP contribution in [0.25, 0.3) is 0 Å². The minimum Gasteiger partial charge on any atom is -0.334 e. The Labute approximate surface area is 145 Å². The molecule has 0 aromatic heterocycles. The Bertz CT molecular complexity index is 567. The van der Waals surface area contributed by atoms with Crippen molar-refractivity contribution < 1.29 is 9.59 Å². The molecule has 2 amide bonds. The number of amides is 2. The van der Waals surface area contributed by atoms with Gasteiger partial charge in [-0.25, -0.2) is 0 Å². The summed E-state index contributed by atoms with van der Waals surface area (Å²) in [4.78, 5) is 27.0. The molecule has 2 rings (SSSR count). The maximum absolute atomic E-state index is 12.8. The van der Waals surface area contributed by atoms with E-state index >= 15 is 0 Å². The van der Waals surface area contributed by atoms with Gasteiger partial charge in [-0.15, -0.1) is 0 Å². The van der Waals surface area contributed by atoms with Crippen LogP contribution in [0.1, 0.15) is 70.2 Å². The summed E-state index contributed by atoms with van der Waals surface area (Å²) in [7, 11) is 0. The zero-order valence-electron chi connectivity index (χ0n) is 15.3. The van der Waals surface area contributed by atoms with Gasteiger partial charge < -0.3 is 10.2 Å². The Morgan fingerprint density at radius 3 is 2.25 bits per heavy atom. The molecule has 0 radical (unpaired) electrons. The number of anilines is 1. The second-order valence-corrected chi connectivity index (χ2v) is 7.30. The molecule has 0 aliphatic heterocycles. The first-order chi connectivity index (χ1) is 11.4. The number of benzene rings is 1.